The highest BCUT2D eigenvalue weighted by atomic mass is 35.5. The van der Waals surface area contributed by atoms with Crippen molar-refractivity contribution in [1.82, 2.24) is 14.9 Å². The van der Waals surface area contributed by atoms with Gasteiger partial charge in [0.2, 0.25) is 0 Å². The number of carbonyl (C=O) groups excluding carboxylic acids is 1. The minimum absolute atomic E-state index is 0.279. The predicted octanol–water partition coefficient (Wildman–Crippen LogP) is 3.00. The highest BCUT2D eigenvalue weighted by Gasteiger charge is 2.10. The fourth-order valence-corrected chi connectivity index (χ4v) is 2.20. The second kappa shape index (κ2) is 7.70. The Labute approximate surface area is 134 Å². The van der Waals surface area contributed by atoms with Crippen molar-refractivity contribution in [3.05, 3.63) is 41.9 Å². The van der Waals surface area contributed by atoms with E-state index in [1.165, 1.54) is 0 Å². The summed E-state index contributed by atoms with van der Waals surface area (Å²) in [6.45, 7) is 3.40. The van der Waals surface area contributed by atoms with Gasteiger partial charge >= 0.3 is 6.03 Å². The topological polar surface area (TPSA) is 68.2 Å². The standard InChI is InChI=1S/C15H19ClN4O2/c1-11(9-20-6-5-17-10-20)8-18-15(21)19-13-7-12(16)3-4-14(13)22-2/h3-7,10-11H,8-9H2,1-2H3,(H2,18,19,21). The molecule has 1 heterocycles. The van der Waals surface area contributed by atoms with Gasteiger partial charge in [-0.15, -0.1) is 0 Å². The van der Waals surface area contributed by atoms with Gasteiger partial charge in [-0.2, -0.15) is 0 Å². The van der Waals surface area contributed by atoms with Crippen LogP contribution in [0, 0.1) is 5.92 Å². The maximum atomic E-state index is 12.0. The Morgan fingerprint density at radius 3 is 3.00 bits per heavy atom. The smallest absolute Gasteiger partial charge is 0.319 e. The summed E-state index contributed by atoms with van der Waals surface area (Å²) in [7, 11) is 1.54. The van der Waals surface area contributed by atoms with Crippen molar-refractivity contribution >= 4 is 23.3 Å². The molecule has 0 aliphatic rings. The van der Waals surface area contributed by atoms with Gasteiger partial charge < -0.3 is 19.9 Å². The molecule has 0 aliphatic carbocycles. The van der Waals surface area contributed by atoms with Crippen molar-refractivity contribution in [1.29, 1.82) is 0 Å². The molecule has 0 saturated heterocycles. The second-order valence-electron chi connectivity index (χ2n) is 5.04. The van der Waals surface area contributed by atoms with E-state index in [-0.39, 0.29) is 11.9 Å². The van der Waals surface area contributed by atoms with Crippen LogP contribution in [0.4, 0.5) is 10.5 Å². The van der Waals surface area contributed by atoms with E-state index in [0.717, 1.165) is 6.54 Å². The average Bonchev–Trinajstić information content (AvgIpc) is 2.98. The number of rotatable bonds is 6. The van der Waals surface area contributed by atoms with Crippen molar-refractivity contribution in [3.8, 4) is 5.75 Å². The molecule has 2 aromatic rings. The number of imidazole rings is 1. The van der Waals surface area contributed by atoms with Crippen LogP contribution < -0.4 is 15.4 Å². The Morgan fingerprint density at radius 1 is 1.50 bits per heavy atom. The number of halogens is 1. The summed E-state index contributed by atoms with van der Waals surface area (Å²) in [5.41, 5.74) is 0.537. The SMILES string of the molecule is COc1ccc(Cl)cc1NC(=O)NCC(C)Cn1ccnc1. The van der Waals surface area contributed by atoms with Crippen LogP contribution in [0.2, 0.25) is 5.02 Å². The number of urea groups is 1. The molecule has 22 heavy (non-hydrogen) atoms. The minimum atomic E-state index is -0.293. The normalized spacial score (nSPS) is 11.8. The number of hydrogen-bond acceptors (Lipinski definition) is 3. The Hall–Kier alpha value is -2.21. The molecule has 1 atom stereocenters. The van der Waals surface area contributed by atoms with E-state index in [4.69, 9.17) is 16.3 Å². The summed E-state index contributed by atoms with van der Waals surface area (Å²) in [5, 5.41) is 6.10. The first-order chi connectivity index (χ1) is 10.6. The molecule has 2 rings (SSSR count). The quantitative estimate of drug-likeness (QED) is 0.859. The zero-order valence-electron chi connectivity index (χ0n) is 12.5. The molecule has 118 valence electrons. The van der Waals surface area contributed by atoms with Gasteiger partial charge in [0.25, 0.3) is 0 Å². The summed E-state index contributed by atoms with van der Waals surface area (Å²) in [6, 6.07) is 4.77. The van der Waals surface area contributed by atoms with E-state index in [1.54, 1.807) is 37.8 Å². The summed E-state index contributed by atoms with van der Waals surface area (Å²) < 4.78 is 7.16. The average molecular weight is 323 g/mol. The second-order valence-corrected chi connectivity index (χ2v) is 5.48. The van der Waals surface area contributed by atoms with Crippen molar-refractivity contribution in [2.45, 2.75) is 13.5 Å². The van der Waals surface area contributed by atoms with Crippen LogP contribution in [-0.4, -0.2) is 29.2 Å². The first-order valence-corrected chi connectivity index (χ1v) is 7.30. The Kier molecular flexibility index (Phi) is 5.66. The number of benzene rings is 1. The van der Waals surface area contributed by atoms with E-state index in [9.17, 15) is 4.79 Å². The zero-order valence-corrected chi connectivity index (χ0v) is 13.3. The summed E-state index contributed by atoms with van der Waals surface area (Å²) >= 11 is 5.93. The molecule has 0 saturated carbocycles. The fraction of sp³-hybridized carbons (Fsp3) is 0.333. The number of carbonyl (C=O) groups is 1. The number of aromatic nitrogens is 2. The number of ether oxygens (including phenoxy) is 1. The number of nitrogens with one attached hydrogen (secondary N) is 2. The third-order valence-corrected chi connectivity index (χ3v) is 3.34. The summed E-state index contributed by atoms with van der Waals surface area (Å²) in [5.74, 6) is 0.840. The van der Waals surface area contributed by atoms with Gasteiger partial charge in [0.1, 0.15) is 5.75 Å². The molecule has 7 heteroatoms. The third-order valence-electron chi connectivity index (χ3n) is 3.10. The molecule has 0 fully saturated rings. The molecular formula is C15H19ClN4O2. The van der Waals surface area contributed by atoms with Crippen molar-refractivity contribution in [3.63, 3.8) is 0 Å². The largest absolute Gasteiger partial charge is 0.495 e. The number of methoxy groups -OCH3 is 1. The Morgan fingerprint density at radius 2 is 2.32 bits per heavy atom. The minimum Gasteiger partial charge on any atom is -0.495 e. The number of anilines is 1. The molecule has 1 aromatic heterocycles. The lowest BCUT2D eigenvalue weighted by Gasteiger charge is -2.15. The van der Waals surface area contributed by atoms with Crippen LogP contribution in [0.25, 0.3) is 0 Å². The lowest BCUT2D eigenvalue weighted by atomic mass is 10.2. The van der Waals surface area contributed by atoms with Crippen molar-refractivity contribution in [2.75, 3.05) is 19.0 Å². The molecule has 0 bridgehead atoms. The third kappa shape index (κ3) is 4.66. The van der Waals surface area contributed by atoms with Gasteiger partial charge in [0, 0.05) is 30.5 Å². The number of hydrogen-bond donors (Lipinski definition) is 2. The molecule has 0 spiro atoms. The first-order valence-electron chi connectivity index (χ1n) is 6.92. The van der Waals surface area contributed by atoms with Gasteiger partial charge in [0.15, 0.2) is 0 Å². The Balaban J connectivity index is 1.84. The summed E-state index contributed by atoms with van der Waals surface area (Å²) in [6.07, 6.45) is 5.39. The van der Waals surface area contributed by atoms with Gasteiger partial charge in [-0.1, -0.05) is 18.5 Å². The molecule has 2 amide bonds. The van der Waals surface area contributed by atoms with Gasteiger partial charge in [-0.05, 0) is 24.1 Å². The van der Waals surface area contributed by atoms with Crippen LogP contribution in [0.1, 0.15) is 6.92 Å². The van der Waals surface area contributed by atoms with Crippen LogP contribution >= 0.6 is 11.6 Å². The predicted molar refractivity (Wildman–Crippen MR) is 86.4 cm³/mol. The highest BCUT2D eigenvalue weighted by Crippen LogP contribution is 2.27. The van der Waals surface area contributed by atoms with E-state index in [1.807, 2.05) is 10.8 Å². The molecule has 1 aromatic carbocycles. The molecule has 6 nitrogen and oxygen atoms in total. The van der Waals surface area contributed by atoms with E-state index >= 15 is 0 Å². The lowest BCUT2D eigenvalue weighted by Crippen LogP contribution is -2.33. The Bertz CT molecular complexity index is 616. The van der Waals surface area contributed by atoms with E-state index in [0.29, 0.717) is 23.0 Å². The maximum Gasteiger partial charge on any atom is 0.319 e. The van der Waals surface area contributed by atoms with Crippen LogP contribution in [-0.2, 0) is 6.54 Å². The van der Waals surface area contributed by atoms with Gasteiger partial charge in [-0.3, -0.25) is 0 Å². The first kappa shape index (κ1) is 16.2. The summed E-state index contributed by atoms with van der Waals surface area (Å²) in [4.78, 5) is 15.9. The monoisotopic (exact) mass is 322 g/mol. The molecule has 2 N–H and O–H groups in total. The van der Waals surface area contributed by atoms with Gasteiger partial charge in [0.05, 0.1) is 19.1 Å². The van der Waals surface area contributed by atoms with Crippen LogP contribution in [0.3, 0.4) is 0 Å². The van der Waals surface area contributed by atoms with Crippen molar-refractivity contribution < 1.29 is 9.53 Å². The molecule has 1 unspecified atom stereocenters. The molecular weight excluding hydrogens is 304 g/mol. The van der Waals surface area contributed by atoms with Crippen LogP contribution in [0.5, 0.6) is 5.75 Å². The van der Waals surface area contributed by atoms with Crippen molar-refractivity contribution in [2.24, 2.45) is 5.92 Å². The van der Waals surface area contributed by atoms with E-state index < -0.39 is 0 Å². The molecule has 0 radical (unpaired) electrons. The number of nitrogens with zero attached hydrogens (tertiary/aromatic N) is 2. The number of amides is 2. The van der Waals surface area contributed by atoms with Crippen LogP contribution in [0.15, 0.2) is 36.9 Å². The van der Waals surface area contributed by atoms with E-state index in [2.05, 4.69) is 22.5 Å². The zero-order chi connectivity index (χ0) is 15.9. The molecule has 0 aliphatic heterocycles. The van der Waals surface area contributed by atoms with Gasteiger partial charge in [-0.25, -0.2) is 9.78 Å². The maximum absolute atomic E-state index is 12.0. The highest BCUT2D eigenvalue weighted by molar-refractivity contribution is 6.31. The lowest BCUT2D eigenvalue weighted by molar-refractivity contribution is 0.249. The fourth-order valence-electron chi connectivity index (χ4n) is 2.03.